The van der Waals surface area contributed by atoms with E-state index in [1.807, 2.05) is 38.1 Å². The first-order chi connectivity index (χ1) is 17.5. The Kier molecular flexibility index (Phi) is 7.37. The lowest BCUT2D eigenvalue weighted by molar-refractivity contribution is -0.137. The van der Waals surface area contributed by atoms with Crippen molar-refractivity contribution in [2.45, 2.75) is 64.6 Å². The van der Waals surface area contributed by atoms with Crippen molar-refractivity contribution in [3.05, 3.63) is 81.3 Å². The molecule has 0 spiro atoms. The summed E-state index contributed by atoms with van der Waals surface area (Å²) in [5.41, 5.74) is 3.94. The number of carbonyl (C=O) groups is 2. The van der Waals surface area contributed by atoms with Crippen LogP contribution in [0, 0.1) is 5.92 Å². The normalized spacial score (nSPS) is 17.8. The van der Waals surface area contributed by atoms with Gasteiger partial charge in [-0.25, -0.2) is 4.98 Å². The summed E-state index contributed by atoms with van der Waals surface area (Å²) in [5.74, 6) is 1.00. The fourth-order valence-corrected chi connectivity index (χ4v) is 5.97. The van der Waals surface area contributed by atoms with Crippen LogP contribution in [0.2, 0.25) is 0 Å². The zero-order valence-corrected chi connectivity index (χ0v) is 21.7. The van der Waals surface area contributed by atoms with E-state index in [1.165, 1.54) is 16.9 Å². The number of carbonyl (C=O) groups excluding carboxylic acids is 2. The van der Waals surface area contributed by atoms with Gasteiger partial charge < -0.3 is 15.0 Å². The van der Waals surface area contributed by atoms with E-state index in [0.29, 0.717) is 12.3 Å². The summed E-state index contributed by atoms with van der Waals surface area (Å²) >= 11 is 1.42. The Hall–Kier alpha value is -3.19. The molecule has 1 unspecified atom stereocenters. The second-order valence-corrected chi connectivity index (χ2v) is 10.9. The predicted octanol–water partition coefficient (Wildman–Crippen LogP) is 5.52. The number of rotatable bonds is 7. The Morgan fingerprint density at radius 2 is 1.92 bits per heavy atom. The van der Waals surface area contributed by atoms with Crippen molar-refractivity contribution in [3.63, 3.8) is 0 Å². The first-order valence-corrected chi connectivity index (χ1v) is 13.7. The molecule has 188 valence electrons. The molecule has 1 saturated carbocycles. The predicted molar refractivity (Wildman–Crippen MR) is 141 cm³/mol. The number of hydrogen-bond donors (Lipinski definition) is 1. The SMILES string of the molecule is CC(C)NC(=O)c1csc(COc2ccc3c(c2)C(c2ccccc2)N(C(=O)C2CCCC2)CC3)n1. The summed E-state index contributed by atoms with van der Waals surface area (Å²) < 4.78 is 6.12. The van der Waals surface area contributed by atoms with Crippen molar-refractivity contribution in [1.29, 1.82) is 0 Å². The molecule has 3 aromatic rings. The molecule has 0 saturated heterocycles. The van der Waals surface area contributed by atoms with Gasteiger partial charge in [-0.2, -0.15) is 0 Å². The molecule has 1 N–H and O–H groups in total. The maximum Gasteiger partial charge on any atom is 0.270 e. The summed E-state index contributed by atoms with van der Waals surface area (Å²) in [5, 5.41) is 5.38. The van der Waals surface area contributed by atoms with Crippen molar-refractivity contribution in [3.8, 4) is 5.75 Å². The zero-order valence-electron chi connectivity index (χ0n) is 20.9. The van der Waals surface area contributed by atoms with E-state index in [2.05, 4.69) is 39.5 Å². The van der Waals surface area contributed by atoms with Gasteiger partial charge in [0.25, 0.3) is 5.91 Å². The van der Waals surface area contributed by atoms with E-state index in [-0.39, 0.29) is 29.8 Å². The van der Waals surface area contributed by atoms with Crippen LogP contribution in [0.3, 0.4) is 0 Å². The standard InChI is InChI=1S/C29H33N3O3S/c1-19(2)30-28(33)25-18-36-26(31-25)17-35-23-13-12-20-14-15-32(29(34)22-10-6-7-11-22)27(24(20)16-23)21-8-4-3-5-9-21/h3-5,8-9,12-13,16,18-19,22,27H,6-7,10-11,14-15,17H2,1-2H3,(H,30,33). The minimum Gasteiger partial charge on any atom is -0.486 e. The number of fused-ring (bicyclic) bond motifs is 1. The Balaban J connectivity index is 1.37. The van der Waals surface area contributed by atoms with Crippen molar-refractivity contribution in [2.75, 3.05) is 6.54 Å². The molecular formula is C29H33N3O3S. The molecule has 1 atom stereocenters. The fourth-order valence-electron chi connectivity index (χ4n) is 5.29. The molecule has 1 aromatic heterocycles. The highest BCUT2D eigenvalue weighted by molar-refractivity contribution is 7.09. The van der Waals surface area contributed by atoms with Gasteiger partial charge in [-0.05, 0) is 61.9 Å². The summed E-state index contributed by atoms with van der Waals surface area (Å²) in [4.78, 5) is 32.3. The van der Waals surface area contributed by atoms with Gasteiger partial charge in [-0.15, -0.1) is 11.3 Å². The maximum atomic E-state index is 13.6. The molecule has 0 bridgehead atoms. The van der Waals surface area contributed by atoms with Gasteiger partial charge in [0.15, 0.2) is 0 Å². The van der Waals surface area contributed by atoms with E-state index in [4.69, 9.17) is 4.74 Å². The number of thiazole rings is 1. The third-order valence-electron chi connectivity index (χ3n) is 7.01. The molecule has 1 aliphatic heterocycles. The van der Waals surface area contributed by atoms with Crippen molar-refractivity contribution >= 4 is 23.2 Å². The van der Waals surface area contributed by atoms with Crippen LogP contribution in [-0.2, 0) is 17.8 Å². The third kappa shape index (κ3) is 5.31. The Bertz CT molecular complexity index is 1220. The van der Waals surface area contributed by atoms with E-state index >= 15 is 0 Å². The molecule has 0 radical (unpaired) electrons. The van der Waals surface area contributed by atoms with Crippen molar-refractivity contribution in [2.24, 2.45) is 5.92 Å². The van der Waals surface area contributed by atoms with Gasteiger partial charge in [0.05, 0.1) is 6.04 Å². The van der Waals surface area contributed by atoms with E-state index in [1.54, 1.807) is 5.38 Å². The number of benzene rings is 2. The molecule has 2 amide bonds. The molecule has 36 heavy (non-hydrogen) atoms. The average molecular weight is 504 g/mol. The van der Waals surface area contributed by atoms with Crippen LogP contribution >= 0.6 is 11.3 Å². The molecule has 2 aromatic carbocycles. The topological polar surface area (TPSA) is 71.5 Å². The molecular weight excluding hydrogens is 470 g/mol. The Morgan fingerprint density at radius 3 is 2.67 bits per heavy atom. The first kappa shape index (κ1) is 24.5. The molecule has 1 aliphatic carbocycles. The highest BCUT2D eigenvalue weighted by atomic mass is 32.1. The summed E-state index contributed by atoms with van der Waals surface area (Å²) in [7, 11) is 0. The van der Waals surface area contributed by atoms with E-state index in [9.17, 15) is 9.59 Å². The number of amides is 2. The monoisotopic (exact) mass is 503 g/mol. The Morgan fingerprint density at radius 1 is 1.14 bits per heavy atom. The highest BCUT2D eigenvalue weighted by Gasteiger charge is 2.36. The van der Waals surface area contributed by atoms with Gasteiger partial charge >= 0.3 is 0 Å². The minimum atomic E-state index is -0.168. The number of nitrogens with one attached hydrogen (secondary N) is 1. The highest BCUT2D eigenvalue weighted by Crippen LogP contribution is 2.39. The van der Waals surface area contributed by atoms with Gasteiger partial charge in [0, 0.05) is 23.9 Å². The summed E-state index contributed by atoms with van der Waals surface area (Å²) in [6, 6.07) is 16.5. The lowest BCUT2D eigenvalue weighted by Gasteiger charge is -2.39. The quantitative estimate of drug-likeness (QED) is 0.461. The third-order valence-corrected chi connectivity index (χ3v) is 7.84. The zero-order chi connectivity index (χ0) is 25.1. The first-order valence-electron chi connectivity index (χ1n) is 12.9. The molecule has 2 aliphatic rings. The Labute approximate surface area is 216 Å². The van der Waals surface area contributed by atoms with Crippen LogP contribution in [0.15, 0.2) is 53.9 Å². The molecule has 5 rings (SSSR count). The lowest BCUT2D eigenvalue weighted by atomic mass is 9.87. The van der Waals surface area contributed by atoms with Gasteiger partial charge in [-0.1, -0.05) is 49.2 Å². The fraction of sp³-hybridized carbons (Fsp3) is 0.414. The minimum absolute atomic E-state index is 0.0621. The maximum absolute atomic E-state index is 13.6. The summed E-state index contributed by atoms with van der Waals surface area (Å²) in [6.07, 6.45) is 5.13. The van der Waals surface area contributed by atoms with Crippen LogP contribution in [0.25, 0.3) is 0 Å². The van der Waals surface area contributed by atoms with Crippen LogP contribution in [0.5, 0.6) is 5.75 Å². The van der Waals surface area contributed by atoms with Crippen LogP contribution in [0.1, 0.15) is 77.8 Å². The molecule has 1 fully saturated rings. The largest absolute Gasteiger partial charge is 0.486 e. The second kappa shape index (κ2) is 10.8. The molecule has 7 heteroatoms. The van der Waals surface area contributed by atoms with Crippen molar-refractivity contribution in [1.82, 2.24) is 15.2 Å². The van der Waals surface area contributed by atoms with Gasteiger partial charge in [-0.3, -0.25) is 9.59 Å². The number of nitrogens with zero attached hydrogens (tertiary/aromatic N) is 2. The number of ether oxygens (including phenoxy) is 1. The van der Waals surface area contributed by atoms with Crippen LogP contribution < -0.4 is 10.1 Å². The lowest BCUT2D eigenvalue weighted by Crippen LogP contribution is -2.43. The van der Waals surface area contributed by atoms with Gasteiger partial charge in [0.1, 0.15) is 23.1 Å². The number of aromatic nitrogens is 1. The average Bonchev–Trinajstić information content (AvgIpc) is 3.59. The number of hydrogen-bond acceptors (Lipinski definition) is 5. The van der Waals surface area contributed by atoms with E-state index < -0.39 is 0 Å². The van der Waals surface area contributed by atoms with Crippen molar-refractivity contribution < 1.29 is 14.3 Å². The summed E-state index contributed by atoms with van der Waals surface area (Å²) in [6.45, 7) is 4.88. The van der Waals surface area contributed by atoms with E-state index in [0.717, 1.165) is 60.5 Å². The molecule has 6 nitrogen and oxygen atoms in total. The smallest absolute Gasteiger partial charge is 0.270 e. The van der Waals surface area contributed by atoms with Gasteiger partial charge in [0.2, 0.25) is 5.91 Å². The molecule has 2 heterocycles. The van der Waals surface area contributed by atoms with Crippen LogP contribution in [-0.4, -0.2) is 34.3 Å². The van der Waals surface area contributed by atoms with Crippen LogP contribution in [0.4, 0.5) is 0 Å². The second-order valence-electron chi connectivity index (χ2n) is 9.98.